The van der Waals surface area contributed by atoms with Crippen molar-refractivity contribution in [3.05, 3.63) is 0 Å². The highest BCUT2D eigenvalue weighted by Crippen LogP contribution is 2.30. The predicted octanol–water partition coefficient (Wildman–Crippen LogP) is 1.21. The normalized spacial score (nSPS) is 31.1. The molecule has 9 rings (SSSR count). The molecule has 7 heterocycles. The lowest BCUT2D eigenvalue weighted by Crippen LogP contribution is -2.51. The topological polar surface area (TPSA) is 211 Å². The van der Waals surface area contributed by atoms with E-state index in [4.69, 9.17) is 75.8 Å². The van der Waals surface area contributed by atoms with Crippen LogP contribution in [0.25, 0.3) is 0 Å². The second-order valence-electron chi connectivity index (χ2n) is 17.9. The molecule has 0 spiro atoms. The minimum Gasteiger partial charge on any atom is -0.388 e. The van der Waals surface area contributed by atoms with Gasteiger partial charge in [0.05, 0.1) is 139 Å². The first-order valence-corrected chi connectivity index (χ1v) is 22.9. The molecule has 9 aliphatic rings. The average molecular weight is 895 g/mol. The van der Waals surface area contributed by atoms with E-state index in [0.29, 0.717) is 123 Å². The summed E-state index contributed by atoms with van der Waals surface area (Å²) in [6, 6.07) is 0. The smallest absolute Gasteiger partial charge is 0.114 e. The fraction of sp³-hybridized carbons (Fsp3) is 1.00. The molecule has 7 saturated heterocycles. The first-order chi connectivity index (χ1) is 29.9. The summed E-state index contributed by atoms with van der Waals surface area (Å²) in [6.07, 6.45) is 3.96. The molecule has 0 amide bonds. The van der Waals surface area contributed by atoms with Gasteiger partial charge < -0.3 is 86.0 Å². The molecule has 0 aromatic carbocycles. The highest BCUT2D eigenvalue weighted by Gasteiger charge is 2.39. The molecule has 18 heteroatoms. The fourth-order valence-electron chi connectivity index (χ4n) is 6.06. The van der Waals surface area contributed by atoms with E-state index in [2.05, 4.69) is 6.92 Å². The van der Waals surface area contributed by atoms with Gasteiger partial charge in [-0.15, -0.1) is 0 Å². The van der Waals surface area contributed by atoms with Crippen LogP contribution in [0.3, 0.4) is 0 Å². The lowest BCUT2D eigenvalue weighted by Gasteiger charge is -2.32. The van der Waals surface area contributed by atoms with Crippen LogP contribution in [0, 0.1) is 17.3 Å². The molecule has 2 saturated carbocycles. The van der Waals surface area contributed by atoms with Crippen LogP contribution in [0.15, 0.2) is 0 Å². The number of hydrogen-bond acceptors (Lipinski definition) is 18. The van der Waals surface area contributed by atoms with Crippen LogP contribution in [0.5, 0.6) is 0 Å². The van der Waals surface area contributed by atoms with Crippen LogP contribution in [0.1, 0.15) is 46.5 Å². The van der Waals surface area contributed by atoms with Crippen molar-refractivity contribution in [2.75, 3.05) is 152 Å². The summed E-state index contributed by atoms with van der Waals surface area (Å²) in [6.45, 7) is 16.6. The van der Waals surface area contributed by atoms with Crippen molar-refractivity contribution in [2.45, 2.75) is 114 Å². The van der Waals surface area contributed by atoms with Gasteiger partial charge in [0.25, 0.3) is 0 Å². The Balaban J connectivity index is 0.000000166. The van der Waals surface area contributed by atoms with E-state index in [1.807, 2.05) is 0 Å². The third kappa shape index (κ3) is 23.1. The Kier molecular flexibility index (Phi) is 22.2. The van der Waals surface area contributed by atoms with Gasteiger partial charge in [0.1, 0.15) is 67.1 Å². The molecule has 2 N–H and O–H groups in total. The summed E-state index contributed by atoms with van der Waals surface area (Å²) in [5.74, 6) is 1.46. The Labute approximate surface area is 368 Å². The highest BCUT2D eigenvalue weighted by molar-refractivity contribution is 4.87. The van der Waals surface area contributed by atoms with Gasteiger partial charge in [-0.1, -0.05) is 14.4 Å². The van der Waals surface area contributed by atoms with Crippen molar-refractivity contribution in [1.29, 1.82) is 0 Å². The number of aliphatic hydroxyl groups is 2. The van der Waals surface area contributed by atoms with Gasteiger partial charge in [-0.2, -0.15) is 0 Å². The van der Waals surface area contributed by atoms with Gasteiger partial charge in [0, 0.05) is 18.6 Å². The van der Waals surface area contributed by atoms with E-state index in [9.17, 15) is 10.2 Å². The number of hydrogen-bond donors (Lipinski definition) is 2. The lowest BCUT2D eigenvalue weighted by atomic mass is 9.88. The molecular formula is C44H78O18. The lowest BCUT2D eigenvalue weighted by molar-refractivity contribution is -0.171. The summed E-state index contributed by atoms with van der Waals surface area (Å²) in [7, 11) is 0. The van der Waals surface area contributed by atoms with Crippen molar-refractivity contribution in [1.82, 2.24) is 0 Å². The molecule has 0 aromatic rings. The first kappa shape index (κ1) is 50.7. The highest BCUT2D eigenvalue weighted by atomic mass is 16.6. The van der Waals surface area contributed by atoms with Crippen LogP contribution < -0.4 is 0 Å². The van der Waals surface area contributed by atoms with Crippen LogP contribution >= 0.6 is 0 Å². The van der Waals surface area contributed by atoms with Gasteiger partial charge in [-0.25, -0.2) is 0 Å². The van der Waals surface area contributed by atoms with Crippen molar-refractivity contribution in [3.8, 4) is 0 Å². The van der Waals surface area contributed by atoms with E-state index in [0.717, 1.165) is 58.6 Å². The minimum atomic E-state index is -1.07. The van der Waals surface area contributed by atoms with E-state index in [1.165, 1.54) is 25.7 Å². The molecule has 0 bridgehead atoms. The zero-order chi connectivity index (χ0) is 42.1. The van der Waals surface area contributed by atoms with E-state index >= 15 is 0 Å². The standard InChI is InChI=1S/C19H32O9.C15H26O6.C9H16O3.CH4/c20-16(10-22-3-12-1-2-12)19(28-9-15-7-26-15)18(21)17(27-8-14-6-25-14)11-23-4-13-5-24-13;1-2-15(9-16-3-12-6-19-12,10-17-4-13-7-20-13)11-18-5-14-8-21-14;1-2-8(1)5-10-3-4-11-6-9-7-12-9;/h12-21H,1-11H2;12-14H,2-11H2,1H3;8-9H,1-7H2;1H4/t13?,14?,15?,16-,17+,18-,19-;;;/m1.../s1. The van der Waals surface area contributed by atoms with Crippen LogP contribution in [0.2, 0.25) is 0 Å². The van der Waals surface area contributed by atoms with Crippen LogP contribution in [-0.2, 0) is 75.8 Å². The Bertz CT molecular complexity index is 1110. The quantitative estimate of drug-likeness (QED) is 0.0663. The molecule has 0 radical (unpaired) electrons. The molecule has 362 valence electrons. The van der Waals surface area contributed by atoms with E-state index in [1.54, 1.807) is 0 Å². The SMILES string of the molecule is C.C(COCC1CO1)OCC1CC1.CCC(COCC1CO1)(COCC1CO1)COCC1CO1.O[C@@H]([C@H](OCC1CO1)[C@H](O)COCC1CC1)[C@H](COCC1CO1)OCC1CO1. The monoisotopic (exact) mass is 895 g/mol. The molecule has 0 aromatic heterocycles. The summed E-state index contributed by atoms with van der Waals surface area (Å²) < 4.78 is 87.1. The first-order valence-electron chi connectivity index (χ1n) is 22.9. The molecule has 11 atom stereocenters. The second kappa shape index (κ2) is 27.2. The maximum absolute atomic E-state index is 10.9. The molecule has 62 heavy (non-hydrogen) atoms. The third-order valence-corrected chi connectivity index (χ3v) is 11.4. The Morgan fingerprint density at radius 3 is 1.24 bits per heavy atom. The zero-order valence-corrected chi connectivity index (χ0v) is 36.2. The maximum atomic E-state index is 10.9. The largest absolute Gasteiger partial charge is 0.388 e. The molecule has 7 aliphatic heterocycles. The summed E-state index contributed by atoms with van der Waals surface area (Å²) in [4.78, 5) is 0. The molecule has 18 nitrogen and oxygen atoms in total. The van der Waals surface area contributed by atoms with Crippen molar-refractivity contribution < 1.29 is 86.0 Å². The van der Waals surface area contributed by atoms with Crippen LogP contribution in [-0.4, -0.2) is 229 Å². The van der Waals surface area contributed by atoms with Gasteiger partial charge in [-0.05, 0) is 43.9 Å². The second-order valence-corrected chi connectivity index (χ2v) is 17.9. The van der Waals surface area contributed by atoms with Gasteiger partial charge >= 0.3 is 0 Å². The number of rotatable bonds is 37. The summed E-state index contributed by atoms with van der Waals surface area (Å²) in [5, 5.41) is 21.6. The number of ether oxygens (including phenoxy) is 16. The number of epoxide rings is 7. The molecular weight excluding hydrogens is 816 g/mol. The molecule has 9 fully saturated rings. The zero-order valence-electron chi connectivity index (χ0n) is 36.2. The summed E-state index contributed by atoms with van der Waals surface area (Å²) in [5.41, 5.74) is -0.0985. The predicted molar refractivity (Wildman–Crippen MR) is 220 cm³/mol. The Morgan fingerprint density at radius 1 is 0.468 bits per heavy atom. The average Bonchev–Trinajstić information content (AvgIpc) is 4.07. The fourth-order valence-corrected chi connectivity index (χ4v) is 6.06. The van der Waals surface area contributed by atoms with E-state index < -0.39 is 24.4 Å². The van der Waals surface area contributed by atoms with Gasteiger partial charge in [-0.3, -0.25) is 0 Å². The van der Waals surface area contributed by atoms with Crippen molar-refractivity contribution >= 4 is 0 Å². The number of aliphatic hydroxyl groups excluding tert-OH is 2. The maximum Gasteiger partial charge on any atom is 0.114 e. The molecule has 2 aliphatic carbocycles. The van der Waals surface area contributed by atoms with Crippen LogP contribution in [0.4, 0.5) is 0 Å². The molecule has 7 unspecified atom stereocenters. The Hall–Kier alpha value is -0.720. The third-order valence-electron chi connectivity index (χ3n) is 11.4. The van der Waals surface area contributed by atoms with Crippen molar-refractivity contribution in [2.24, 2.45) is 17.3 Å². The summed E-state index contributed by atoms with van der Waals surface area (Å²) >= 11 is 0. The van der Waals surface area contributed by atoms with Gasteiger partial charge in [0.2, 0.25) is 0 Å². The minimum absolute atomic E-state index is 0. The van der Waals surface area contributed by atoms with Gasteiger partial charge in [0.15, 0.2) is 0 Å². The Morgan fingerprint density at radius 2 is 0.823 bits per heavy atom. The van der Waals surface area contributed by atoms with Crippen molar-refractivity contribution in [3.63, 3.8) is 0 Å². The van der Waals surface area contributed by atoms with E-state index in [-0.39, 0.29) is 44.4 Å².